The molecule has 0 radical (unpaired) electrons. The van der Waals surface area contributed by atoms with Crippen molar-refractivity contribution in [3.63, 3.8) is 0 Å². The molecule has 1 N–H and O–H groups in total. The smallest absolute Gasteiger partial charge is 0.338 e. The number of piperidine rings is 1. The number of rotatable bonds is 7. The van der Waals surface area contributed by atoms with Crippen LogP contribution in [0.2, 0.25) is 0 Å². The molecule has 0 aliphatic carbocycles. The highest BCUT2D eigenvalue weighted by Gasteiger charge is 2.26. The van der Waals surface area contributed by atoms with Crippen molar-refractivity contribution in [2.75, 3.05) is 27.3 Å². The van der Waals surface area contributed by atoms with Gasteiger partial charge in [0.15, 0.2) is 6.61 Å². The van der Waals surface area contributed by atoms with Crippen LogP contribution in [-0.4, -0.2) is 58.5 Å². The Morgan fingerprint density at radius 1 is 1.30 bits per heavy atom. The number of nitrogens with one attached hydrogen (secondary N) is 1. The maximum Gasteiger partial charge on any atom is 0.338 e. The third-order valence-electron chi connectivity index (χ3n) is 4.70. The predicted molar refractivity (Wildman–Crippen MR) is 99.2 cm³/mol. The number of hydrogen-bond acceptors (Lipinski definition) is 6. The lowest BCUT2D eigenvalue weighted by atomic mass is 10.00. The average molecular weight is 398 g/mol. The van der Waals surface area contributed by atoms with Crippen molar-refractivity contribution in [1.82, 2.24) is 9.62 Å². The fourth-order valence-electron chi connectivity index (χ4n) is 3.17. The SMILES string of the molecule is CC[C@@H]1CCCCN1C(=O)COC(=O)c1ccc(OC)c(S(=O)(=O)NC)c1. The second-order valence-electron chi connectivity index (χ2n) is 6.29. The number of hydrogen-bond donors (Lipinski definition) is 1. The third kappa shape index (κ3) is 4.98. The summed E-state index contributed by atoms with van der Waals surface area (Å²) >= 11 is 0. The van der Waals surface area contributed by atoms with Gasteiger partial charge in [0.1, 0.15) is 10.6 Å². The van der Waals surface area contributed by atoms with Gasteiger partial charge in [-0.2, -0.15) is 0 Å². The standard InChI is InChI=1S/C18H26N2O6S/c1-4-14-7-5-6-10-20(14)17(21)12-26-18(22)13-8-9-15(25-3)16(11-13)27(23,24)19-2/h8-9,11,14,19H,4-7,10,12H2,1-3H3/t14-/m1/s1. The number of ether oxygens (including phenoxy) is 2. The molecule has 0 bridgehead atoms. The number of amides is 1. The van der Waals surface area contributed by atoms with Crippen molar-refractivity contribution in [2.24, 2.45) is 0 Å². The Labute approximate surface area is 159 Å². The summed E-state index contributed by atoms with van der Waals surface area (Å²) in [6.07, 6.45) is 3.86. The van der Waals surface area contributed by atoms with Crippen LogP contribution in [0.5, 0.6) is 5.75 Å². The molecule has 27 heavy (non-hydrogen) atoms. The molecule has 1 amide bonds. The third-order valence-corrected chi connectivity index (χ3v) is 6.14. The van der Waals surface area contributed by atoms with E-state index in [4.69, 9.17) is 9.47 Å². The van der Waals surface area contributed by atoms with E-state index < -0.39 is 16.0 Å². The minimum Gasteiger partial charge on any atom is -0.495 e. The Morgan fingerprint density at radius 2 is 2.04 bits per heavy atom. The molecule has 0 saturated carbocycles. The molecule has 1 aromatic carbocycles. The van der Waals surface area contributed by atoms with Crippen LogP contribution in [0, 0.1) is 0 Å². The minimum absolute atomic E-state index is 0.0307. The highest BCUT2D eigenvalue weighted by atomic mass is 32.2. The Kier molecular flexibility index (Phi) is 7.20. The number of esters is 1. The normalized spacial score (nSPS) is 17.4. The van der Waals surface area contributed by atoms with Gasteiger partial charge in [-0.15, -0.1) is 0 Å². The summed E-state index contributed by atoms with van der Waals surface area (Å²) in [6.45, 7) is 2.33. The van der Waals surface area contributed by atoms with Crippen molar-refractivity contribution < 1.29 is 27.5 Å². The molecule has 150 valence electrons. The van der Waals surface area contributed by atoms with E-state index in [1.165, 1.54) is 32.4 Å². The molecule has 1 heterocycles. The second-order valence-corrected chi connectivity index (χ2v) is 8.15. The van der Waals surface area contributed by atoms with Crippen LogP contribution in [0.4, 0.5) is 0 Å². The fourth-order valence-corrected chi connectivity index (χ4v) is 4.09. The number of benzene rings is 1. The van der Waals surface area contributed by atoms with Crippen molar-refractivity contribution >= 4 is 21.9 Å². The van der Waals surface area contributed by atoms with Crippen molar-refractivity contribution in [1.29, 1.82) is 0 Å². The lowest BCUT2D eigenvalue weighted by molar-refractivity contribution is -0.138. The van der Waals surface area contributed by atoms with Gasteiger partial charge >= 0.3 is 5.97 Å². The Morgan fingerprint density at radius 3 is 2.67 bits per heavy atom. The Balaban J connectivity index is 2.10. The summed E-state index contributed by atoms with van der Waals surface area (Å²) in [5, 5.41) is 0. The molecule has 1 aliphatic heterocycles. The van der Waals surface area contributed by atoms with E-state index in [1.807, 2.05) is 6.92 Å². The van der Waals surface area contributed by atoms with E-state index in [0.717, 1.165) is 25.7 Å². The molecule has 0 unspecified atom stereocenters. The van der Waals surface area contributed by atoms with Crippen LogP contribution in [0.15, 0.2) is 23.1 Å². The van der Waals surface area contributed by atoms with Crippen LogP contribution in [0.3, 0.4) is 0 Å². The minimum atomic E-state index is -3.81. The summed E-state index contributed by atoms with van der Waals surface area (Å²) in [5.74, 6) is -0.883. The molecule has 2 rings (SSSR count). The summed E-state index contributed by atoms with van der Waals surface area (Å²) in [4.78, 5) is 26.3. The molecule has 1 saturated heterocycles. The molecular weight excluding hydrogens is 372 g/mol. The summed E-state index contributed by atoms with van der Waals surface area (Å²) in [6, 6.07) is 4.13. The molecular formula is C18H26N2O6S. The van der Waals surface area contributed by atoms with Crippen LogP contribution in [0.1, 0.15) is 43.0 Å². The van der Waals surface area contributed by atoms with Crippen molar-refractivity contribution in [2.45, 2.75) is 43.5 Å². The maximum absolute atomic E-state index is 12.4. The van der Waals surface area contributed by atoms with Crippen LogP contribution in [0.25, 0.3) is 0 Å². The van der Waals surface area contributed by atoms with Gasteiger partial charge in [-0.05, 0) is 50.9 Å². The zero-order valence-corrected chi connectivity index (χ0v) is 16.7. The number of sulfonamides is 1. The first kappa shape index (κ1) is 21.2. The Hall–Kier alpha value is -2.13. The van der Waals surface area contributed by atoms with Crippen LogP contribution >= 0.6 is 0 Å². The average Bonchev–Trinajstić information content (AvgIpc) is 2.71. The van der Waals surface area contributed by atoms with Gasteiger partial charge in [-0.25, -0.2) is 17.9 Å². The first-order valence-corrected chi connectivity index (χ1v) is 10.4. The first-order valence-electron chi connectivity index (χ1n) is 8.92. The quantitative estimate of drug-likeness (QED) is 0.699. The molecule has 0 spiro atoms. The second kappa shape index (κ2) is 9.18. The lowest BCUT2D eigenvalue weighted by Crippen LogP contribution is -2.45. The van der Waals surface area contributed by atoms with Crippen molar-refractivity contribution in [3.8, 4) is 5.75 Å². The molecule has 8 nitrogen and oxygen atoms in total. The topological polar surface area (TPSA) is 102 Å². The van der Waals surface area contributed by atoms with Crippen LogP contribution in [-0.2, 0) is 19.6 Å². The van der Waals surface area contributed by atoms with Gasteiger partial charge in [-0.1, -0.05) is 6.92 Å². The number of likely N-dealkylation sites (tertiary alicyclic amines) is 1. The summed E-state index contributed by atoms with van der Waals surface area (Å²) in [5.41, 5.74) is 0.0307. The zero-order valence-electron chi connectivity index (χ0n) is 15.9. The number of nitrogens with zero attached hydrogens (tertiary/aromatic N) is 1. The lowest BCUT2D eigenvalue weighted by Gasteiger charge is -2.35. The molecule has 1 fully saturated rings. The van der Waals surface area contributed by atoms with Crippen molar-refractivity contribution in [3.05, 3.63) is 23.8 Å². The number of carbonyl (C=O) groups excluding carboxylic acids is 2. The van der Waals surface area contributed by atoms with E-state index in [0.29, 0.717) is 6.54 Å². The van der Waals surface area contributed by atoms with Gasteiger partial charge < -0.3 is 14.4 Å². The zero-order chi connectivity index (χ0) is 20.0. The molecule has 9 heteroatoms. The monoisotopic (exact) mass is 398 g/mol. The van der Waals surface area contributed by atoms with Gasteiger partial charge in [-0.3, -0.25) is 4.79 Å². The number of carbonyl (C=O) groups is 2. The molecule has 1 aliphatic rings. The highest BCUT2D eigenvalue weighted by molar-refractivity contribution is 7.89. The summed E-state index contributed by atoms with van der Waals surface area (Å²) in [7, 11) is -1.21. The predicted octanol–water partition coefficient (Wildman–Crippen LogP) is 1.55. The largest absolute Gasteiger partial charge is 0.495 e. The van der Waals surface area contributed by atoms with Crippen LogP contribution < -0.4 is 9.46 Å². The summed E-state index contributed by atoms with van der Waals surface area (Å²) < 4.78 is 36.5. The molecule has 0 aromatic heterocycles. The van der Waals surface area contributed by atoms with E-state index >= 15 is 0 Å². The van der Waals surface area contributed by atoms with E-state index in [-0.39, 0.29) is 34.8 Å². The van der Waals surface area contributed by atoms with Gasteiger partial charge in [0.25, 0.3) is 5.91 Å². The van der Waals surface area contributed by atoms with Gasteiger partial charge in [0.05, 0.1) is 12.7 Å². The maximum atomic E-state index is 12.4. The molecule has 1 atom stereocenters. The van der Waals surface area contributed by atoms with Gasteiger partial charge in [0.2, 0.25) is 10.0 Å². The molecule has 1 aromatic rings. The first-order chi connectivity index (χ1) is 12.8. The highest BCUT2D eigenvalue weighted by Crippen LogP contribution is 2.25. The van der Waals surface area contributed by atoms with E-state index in [9.17, 15) is 18.0 Å². The van der Waals surface area contributed by atoms with Gasteiger partial charge in [0, 0.05) is 12.6 Å². The Bertz CT molecular complexity index is 793. The van der Waals surface area contributed by atoms with E-state index in [2.05, 4.69) is 4.72 Å². The fraction of sp³-hybridized carbons (Fsp3) is 0.556. The van der Waals surface area contributed by atoms with E-state index in [1.54, 1.807) is 4.90 Å². The number of methoxy groups -OCH3 is 1.